The Balaban J connectivity index is 0.00000121. The number of ether oxygens (including phenoxy) is 2. The Morgan fingerprint density at radius 3 is 2.59 bits per heavy atom. The molecule has 1 unspecified atom stereocenters. The first kappa shape index (κ1) is 28.4. The molecule has 3 aromatic rings. The lowest BCUT2D eigenvalue weighted by Gasteiger charge is -2.29. The highest BCUT2D eigenvalue weighted by Crippen LogP contribution is 2.38. The van der Waals surface area contributed by atoms with Crippen molar-refractivity contribution in [2.24, 2.45) is 0 Å². The van der Waals surface area contributed by atoms with Crippen molar-refractivity contribution in [3.63, 3.8) is 0 Å². The molecule has 0 saturated heterocycles. The van der Waals surface area contributed by atoms with E-state index in [9.17, 15) is 4.39 Å². The van der Waals surface area contributed by atoms with Crippen LogP contribution in [0.25, 0.3) is 11.1 Å². The van der Waals surface area contributed by atoms with Gasteiger partial charge in [-0.3, -0.25) is 4.79 Å². The molecule has 0 spiro atoms. The molecule has 0 aromatic heterocycles. The van der Waals surface area contributed by atoms with Crippen LogP contribution in [0.1, 0.15) is 48.1 Å². The molecular formula is C30H36FNO4S. The highest BCUT2D eigenvalue weighted by molar-refractivity contribution is 7.98. The molecule has 7 heteroatoms. The van der Waals surface area contributed by atoms with Crippen LogP contribution in [-0.4, -0.2) is 36.8 Å². The molecule has 0 amide bonds. The van der Waals surface area contributed by atoms with Crippen LogP contribution in [0.5, 0.6) is 11.5 Å². The summed E-state index contributed by atoms with van der Waals surface area (Å²) in [6, 6.07) is 16.2. The first-order chi connectivity index (χ1) is 17.9. The number of rotatable bonds is 9. The zero-order valence-corrected chi connectivity index (χ0v) is 22.8. The van der Waals surface area contributed by atoms with Gasteiger partial charge >= 0.3 is 0 Å². The lowest BCUT2D eigenvalue weighted by atomic mass is 9.93. The van der Waals surface area contributed by atoms with Gasteiger partial charge in [0.1, 0.15) is 23.9 Å². The molecule has 5 nitrogen and oxygen atoms in total. The van der Waals surface area contributed by atoms with Gasteiger partial charge in [0.25, 0.3) is 6.47 Å². The summed E-state index contributed by atoms with van der Waals surface area (Å²) in [4.78, 5) is 8.36. The Morgan fingerprint density at radius 1 is 1.19 bits per heavy atom. The second kappa shape index (κ2) is 13.9. The number of aryl methyl sites for hydroxylation is 3. The number of benzene rings is 3. The summed E-state index contributed by atoms with van der Waals surface area (Å²) in [6.45, 7) is 7.33. The van der Waals surface area contributed by atoms with E-state index in [0.717, 1.165) is 42.3 Å². The summed E-state index contributed by atoms with van der Waals surface area (Å²) in [7, 11) is 0. The summed E-state index contributed by atoms with van der Waals surface area (Å²) in [5.74, 6) is 2.60. The fraction of sp³-hybridized carbons (Fsp3) is 0.367. The van der Waals surface area contributed by atoms with Crippen molar-refractivity contribution in [1.82, 2.24) is 0 Å². The molecule has 0 bridgehead atoms. The minimum Gasteiger partial charge on any atom is -0.494 e. The van der Waals surface area contributed by atoms with Crippen LogP contribution in [0.4, 0.5) is 10.1 Å². The van der Waals surface area contributed by atoms with Crippen LogP contribution in [0.2, 0.25) is 0 Å². The lowest BCUT2D eigenvalue weighted by Crippen LogP contribution is -2.24. The summed E-state index contributed by atoms with van der Waals surface area (Å²) in [6.07, 6.45) is 4.79. The predicted molar refractivity (Wildman–Crippen MR) is 151 cm³/mol. The third-order valence-electron chi connectivity index (χ3n) is 6.25. The molecule has 37 heavy (non-hydrogen) atoms. The van der Waals surface area contributed by atoms with Crippen molar-refractivity contribution < 1.29 is 23.8 Å². The second-order valence-corrected chi connectivity index (χ2v) is 10.0. The number of fused-ring (bicyclic) bond motifs is 1. The molecule has 1 aliphatic rings. The Morgan fingerprint density at radius 2 is 1.92 bits per heavy atom. The molecule has 3 aromatic carbocycles. The minimum atomic E-state index is -0.250. The standard InChI is InChI=1S/C29H34FNO2S.CH2O2/c1-5-8-21-16-28-26(17-25(21)30)31-27(18-33-28)22-9-6-10-23(15-22)29-19(2)13-24(14-20(29)3)32-11-7-12-34-4;2-1-3/h6,9-10,13-17,27,31H,5,7-8,11-12,18H2,1-4H3;1H,(H,2,3). The SMILES string of the molecule is CCCc1cc2c(cc1F)NC(c1cccc(-c3c(C)cc(OCCCSC)cc3C)c1)CO2.O=CO. The molecule has 0 saturated carbocycles. The number of carbonyl (C=O) groups is 1. The maximum atomic E-state index is 14.5. The maximum absolute atomic E-state index is 14.5. The van der Waals surface area contributed by atoms with Crippen LogP contribution in [-0.2, 0) is 11.2 Å². The van der Waals surface area contributed by atoms with Crippen LogP contribution >= 0.6 is 11.8 Å². The molecule has 0 fully saturated rings. The number of anilines is 1. The number of carboxylic acid groups (broad SMARTS) is 1. The third-order valence-corrected chi connectivity index (χ3v) is 6.95. The van der Waals surface area contributed by atoms with E-state index < -0.39 is 0 Å². The molecule has 0 radical (unpaired) electrons. The Labute approximate surface area is 223 Å². The summed E-state index contributed by atoms with van der Waals surface area (Å²) in [5.41, 5.74) is 7.34. The third kappa shape index (κ3) is 7.41. The van der Waals surface area contributed by atoms with Crippen molar-refractivity contribution in [2.45, 2.75) is 46.1 Å². The number of halogens is 1. The molecular weight excluding hydrogens is 489 g/mol. The Kier molecular flexibility index (Phi) is 10.7. The normalized spacial score (nSPS) is 13.9. The molecule has 2 N–H and O–H groups in total. The number of nitrogens with one attached hydrogen (secondary N) is 1. The maximum Gasteiger partial charge on any atom is 0.290 e. The molecule has 1 aliphatic heterocycles. The van der Waals surface area contributed by atoms with Crippen LogP contribution in [0.15, 0.2) is 48.5 Å². The average molecular weight is 526 g/mol. The quantitative estimate of drug-likeness (QED) is 0.224. The smallest absolute Gasteiger partial charge is 0.290 e. The van der Waals surface area contributed by atoms with Crippen molar-refractivity contribution in [1.29, 1.82) is 0 Å². The van der Waals surface area contributed by atoms with Gasteiger partial charge < -0.3 is 19.9 Å². The second-order valence-electron chi connectivity index (χ2n) is 9.06. The number of hydrogen-bond donors (Lipinski definition) is 2. The molecule has 1 heterocycles. The molecule has 0 aliphatic carbocycles. The van der Waals surface area contributed by atoms with E-state index in [1.807, 2.05) is 17.8 Å². The molecule has 1 atom stereocenters. The van der Waals surface area contributed by atoms with Crippen LogP contribution in [0.3, 0.4) is 0 Å². The van der Waals surface area contributed by atoms with Gasteiger partial charge in [-0.05, 0) is 96.3 Å². The van der Waals surface area contributed by atoms with E-state index in [1.54, 1.807) is 6.07 Å². The lowest BCUT2D eigenvalue weighted by molar-refractivity contribution is -0.122. The van der Waals surface area contributed by atoms with E-state index in [1.165, 1.54) is 22.3 Å². The van der Waals surface area contributed by atoms with Crippen LogP contribution in [0, 0.1) is 19.7 Å². The highest BCUT2D eigenvalue weighted by Gasteiger charge is 2.23. The highest BCUT2D eigenvalue weighted by atomic mass is 32.2. The van der Waals surface area contributed by atoms with Gasteiger partial charge in [-0.1, -0.05) is 31.5 Å². The number of thioether (sulfide) groups is 1. The average Bonchev–Trinajstić information content (AvgIpc) is 2.87. The largest absolute Gasteiger partial charge is 0.494 e. The van der Waals surface area contributed by atoms with Crippen molar-refractivity contribution in [3.05, 3.63) is 76.6 Å². The van der Waals surface area contributed by atoms with E-state index in [-0.39, 0.29) is 18.3 Å². The van der Waals surface area contributed by atoms with E-state index in [2.05, 4.69) is 68.7 Å². The van der Waals surface area contributed by atoms with Gasteiger partial charge in [-0.2, -0.15) is 11.8 Å². The van der Waals surface area contributed by atoms with Gasteiger partial charge in [0.2, 0.25) is 0 Å². The van der Waals surface area contributed by atoms with Gasteiger partial charge in [-0.25, -0.2) is 4.39 Å². The summed E-state index contributed by atoms with van der Waals surface area (Å²) < 4.78 is 26.5. The van der Waals surface area contributed by atoms with Crippen molar-refractivity contribution in [2.75, 3.05) is 30.5 Å². The Hall–Kier alpha value is -3.19. The minimum absolute atomic E-state index is 0.0384. The zero-order valence-electron chi connectivity index (χ0n) is 22.0. The first-order valence-corrected chi connectivity index (χ1v) is 13.9. The zero-order chi connectivity index (χ0) is 26.8. The van der Waals surface area contributed by atoms with Crippen molar-refractivity contribution >= 4 is 23.9 Å². The Bertz CT molecular complexity index is 1180. The monoisotopic (exact) mass is 525 g/mol. The van der Waals surface area contributed by atoms with E-state index in [4.69, 9.17) is 19.4 Å². The predicted octanol–water partition coefficient (Wildman–Crippen LogP) is 7.44. The van der Waals surface area contributed by atoms with Gasteiger partial charge in [0.15, 0.2) is 0 Å². The van der Waals surface area contributed by atoms with Gasteiger partial charge in [0.05, 0.1) is 18.3 Å². The summed E-state index contributed by atoms with van der Waals surface area (Å²) >= 11 is 1.84. The molecule has 4 rings (SSSR count). The van der Waals surface area contributed by atoms with Crippen LogP contribution < -0.4 is 14.8 Å². The molecule has 198 valence electrons. The van der Waals surface area contributed by atoms with E-state index >= 15 is 0 Å². The van der Waals surface area contributed by atoms with Crippen molar-refractivity contribution in [3.8, 4) is 22.6 Å². The van der Waals surface area contributed by atoms with Gasteiger partial charge in [-0.15, -0.1) is 0 Å². The van der Waals surface area contributed by atoms with E-state index in [0.29, 0.717) is 24.3 Å². The summed E-state index contributed by atoms with van der Waals surface area (Å²) in [5, 5.41) is 10.4. The first-order valence-electron chi connectivity index (χ1n) is 12.5. The fourth-order valence-electron chi connectivity index (χ4n) is 4.64. The fourth-order valence-corrected chi connectivity index (χ4v) is 5.04. The topological polar surface area (TPSA) is 67.8 Å². The number of hydrogen-bond acceptors (Lipinski definition) is 5. The van der Waals surface area contributed by atoms with Gasteiger partial charge in [0, 0.05) is 6.07 Å².